The maximum atomic E-state index is 5.67. The first kappa shape index (κ1) is 14.4. The van der Waals surface area contributed by atoms with Crippen LogP contribution in [0.15, 0.2) is 24.3 Å². The SMILES string of the molecule is CC(C)COCCCNCC1COc2ccccc21. The van der Waals surface area contributed by atoms with E-state index in [1.165, 1.54) is 5.56 Å². The highest BCUT2D eigenvalue weighted by Gasteiger charge is 2.22. The van der Waals surface area contributed by atoms with Gasteiger partial charge in [-0.15, -0.1) is 0 Å². The third kappa shape index (κ3) is 4.51. The van der Waals surface area contributed by atoms with Gasteiger partial charge in [0.15, 0.2) is 0 Å². The summed E-state index contributed by atoms with van der Waals surface area (Å²) in [5.41, 5.74) is 1.34. The predicted molar refractivity (Wildman–Crippen MR) is 77.8 cm³/mol. The number of nitrogens with one attached hydrogen (secondary N) is 1. The van der Waals surface area contributed by atoms with E-state index in [0.29, 0.717) is 11.8 Å². The van der Waals surface area contributed by atoms with E-state index in [9.17, 15) is 0 Å². The maximum Gasteiger partial charge on any atom is 0.122 e. The van der Waals surface area contributed by atoms with E-state index in [-0.39, 0.29) is 0 Å². The van der Waals surface area contributed by atoms with Crippen molar-refractivity contribution in [2.45, 2.75) is 26.2 Å². The van der Waals surface area contributed by atoms with Crippen molar-refractivity contribution in [1.82, 2.24) is 5.32 Å². The van der Waals surface area contributed by atoms with E-state index in [4.69, 9.17) is 9.47 Å². The highest BCUT2D eigenvalue weighted by atomic mass is 16.5. The second-order valence-corrected chi connectivity index (χ2v) is 5.57. The zero-order valence-electron chi connectivity index (χ0n) is 12.0. The van der Waals surface area contributed by atoms with E-state index in [1.54, 1.807) is 0 Å². The van der Waals surface area contributed by atoms with E-state index >= 15 is 0 Å². The molecule has 0 amide bonds. The van der Waals surface area contributed by atoms with E-state index in [0.717, 1.165) is 45.1 Å². The molecular weight excluding hydrogens is 238 g/mol. The molecule has 106 valence electrons. The van der Waals surface area contributed by atoms with E-state index in [2.05, 4.69) is 37.4 Å². The molecule has 0 radical (unpaired) electrons. The zero-order valence-corrected chi connectivity index (χ0v) is 12.0. The van der Waals surface area contributed by atoms with Crippen molar-refractivity contribution in [1.29, 1.82) is 0 Å². The molecule has 1 unspecified atom stereocenters. The van der Waals surface area contributed by atoms with Crippen LogP contribution in [0.4, 0.5) is 0 Å². The molecule has 1 aliphatic rings. The summed E-state index contributed by atoms with van der Waals surface area (Å²) in [6, 6.07) is 8.33. The molecule has 0 saturated carbocycles. The van der Waals surface area contributed by atoms with Gasteiger partial charge in [-0.25, -0.2) is 0 Å². The highest BCUT2D eigenvalue weighted by molar-refractivity contribution is 5.39. The molecule has 2 rings (SSSR count). The second kappa shape index (κ2) is 7.51. The summed E-state index contributed by atoms with van der Waals surface area (Å²) < 4.78 is 11.2. The van der Waals surface area contributed by atoms with Gasteiger partial charge in [0.1, 0.15) is 5.75 Å². The molecule has 1 aliphatic heterocycles. The lowest BCUT2D eigenvalue weighted by Crippen LogP contribution is -2.24. The Bertz CT molecular complexity index is 379. The van der Waals surface area contributed by atoms with Gasteiger partial charge >= 0.3 is 0 Å². The molecule has 1 aromatic carbocycles. The normalized spacial score (nSPS) is 17.5. The van der Waals surface area contributed by atoms with Crippen molar-refractivity contribution in [3.8, 4) is 5.75 Å². The first-order valence-corrected chi connectivity index (χ1v) is 7.27. The minimum atomic E-state index is 0.493. The van der Waals surface area contributed by atoms with Crippen LogP contribution in [0.2, 0.25) is 0 Å². The molecule has 3 nitrogen and oxygen atoms in total. The zero-order chi connectivity index (χ0) is 13.5. The average Bonchev–Trinajstić information content (AvgIpc) is 2.81. The van der Waals surface area contributed by atoms with Gasteiger partial charge in [0, 0.05) is 31.2 Å². The summed E-state index contributed by atoms with van der Waals surface area (Å²) >= 11 is 0. The fourth-order valence-corrected chi connectivity index (χ4v) is 2.29. The molecule has 1 aromatic rings. The molecule has 0 bridgehead atoms. The summed E-state index contributed by atoms with van der Waals surface area (Å²) in [6.07, 6.45) is 1.07. The lowest BCUT2D eigenvalue weighted by atomic mass is 10.0. The van der Waals surface area contributed by atoms with Crippen LogP contribution in [-0.2, 0) is 4.74 Å². The number of ether oxygens (including phenoxy) is 2. The topological polar surface area (TPSA) is 30.5 Å². The van der Waals surface area contributed by atoms with E-state index in [1.807, 2.05) is 6.07 Å². The Hall–Kier alpha value is -1.06. The van der Waals surface area contributed by atoms with Gasteiger partial charge in [0.05, 0.1) is 6.61 Å². The van der Waals surface area contributed by atoms with Gasteiger partial charge in [0.25, 0.3) is 0 Å². The van der Waals surface area contributed by atoms with Gasteiger partial charge in [-0.1, -0.05) is 32.0 Å². The summed E-state index contributed by atoms with van der Waals surface area (Å²) in [5, 5.41) is 3.50. The molecule has 3 heteroatoms. The Morgan fingerprint density at radius 3 is 3.05 bits per heavy atom. The number of benzene rings is 1. The Morgan fingerprint density at radius 2 is 2.21 bits per heavy atom. The Kier molecular flexibility index (Phi) is 5.67. The molecular formula is C16H25NO2. The first-order chi connectivity index (χ1) is 9.27. The van der Waals surface area contributed by atoms with Crippen LogP contribution >= 0.6 is 0 Å². The minimum Gasteiger partial charge on any atom is -0.493 e. The number of rotatable bonds is 8. The average molecular weight is 263 g/mol. The molecule has 1 atom stereocenters. The van der Waals surface area contributed by atoms with Crippen LogP contribution < -0.4 is 10.1 Å². The maximum absolute atomic E-state index is 5.67. The van der Waals surface area contributed by atoms with Gasteiger partial charge < -0.3 is 14.8 Å². The molecule has 1 N–H and O–H groups in total. The van der Waals surface area contributed by atoms with Crippen LogP contribution in [-0.4, -0.2) is 32.9 Å². The third-order valence-electron chi connectivity index (χ3n) is 3.28. The second-order valence-electron chi connectivity index (χ2n) is 5.57. The Morgan fingerprint density at radius 1 is 1.37 bits per heavy atom. The lowest BCUT2D eigenvalue weighted by molar-refractivity contribution is 0.108. The summed E-state index contributed by atoms with van der Waals surface area (Å²) in [5.74, 6) is 2.17. The largest absolute Gasteiger partial charge is 0.493 e. The van der Waals surface area contributed by atoms with Crippen LogP contribution in [0.5, 0.6) is 5.75 Å². The Balaban J connectivity index is 1.57. The third-order valence-corrected chi connectivity index (χ3v) is 3.28. The van der Waals surface area contributed by atoms with Crippen LogP contribution in [0.3, 0.4) is 0 Å². The molecule has 0 saturated heterocycles. The van der Waals surface area contributed by atoms with Crippen LogP contribution in [0, 0.1) is 5.92 Å². The van der Waals surface area contributed by atoms with Gasteiger partial charge in [-0.2, -0.15) is 0 Å². The predicted octanol–water partition coefficient (Wildman–Crippen LogP) is 2.81. The van der Waals surface area contributed by atoms with Gasteiger partial charge in [0.2, 0.25) is 0 Å². The quantitative estimate of drug-likeness (QED) is 0.732. The van der Waals surface area contributed by atoms with E-state index < -0.39 is 0 Å². The van der Waals surface area contributed by atoms with Gasteiger partial charge in [-0.3, -0.25) is 0 Å². The molecule has 0 spiro atoms. The number of para-hydroxylation sites is 1. The summed E-state index contributed by atoms with van der Waals surface area (Å²) in [7, 11) is 0. The lowest BCUT2D eigenvalue weighted by Gasteiger charge is -2.11. The van der Waals surface area contributed by atoms with Crippen molar-refractivity contribution in [3.63, 3.8) is 0 Å². The number of hydrogen-bond donors (Lipinski definition) is 1. The fraction of sp³-hybridized carbons (Fsp3) is 0.625. The molecule has 0 fully saturated rings. The molecule has 19 heavy (non-hydrogen) atoms. The van der Waals surface area contributed by atoms with Crippen molar-refractivity contribution in [2.75, 3.05) is 32.9 Å². The van der Waals surface area contributed by atoms with Crippen molar-refractivity contribution in [3.05, 3.63) is 29.8 Å². The summed E-state index contributed by atoms with van der Waals surface area (Å²) in [4.78, 5) is 0. The number of hydrogen-bond acceptors (Lipinski definition) is 3. The van der Waals surface area contributed by atoms with Crippen molar-refractivity contribution < 1.29 is 9.47 Å². The van der Waals surface area contributed by atoms with Crippen LogP contribution in [0.1, 0.15) is 31.7 Å². The van der Waals surface area contributed by atoms with Crippen molar-refractivity contribution in [2.24, 2.45) is 5.92 Å². The standard InChI is InChI=1S/C16H25NO2/c1-13(2)11-18-9-5-8-17-10-14-12-19-16-7-4-3-6-15(14)16/h3-4,6-7,13-14,17H,5,8-12H2,1-2H3. The summed E-state index contributed by atoms with van der Waals surface area (Å²) in [6.45, 7) is 8.87. The van der Waals surface area contributed by atoms with Crippen molar-refractivity contribution >= 4 is 0 Å². The minimum absolute atomic E-state index is 0.493. The van der Waals surface area contributed by atoms with Gasteiger partial charge in [-0.05, 0) is 24.9 Å². The highest BCUT2D eigenvalue weighted by Crippen LogP contribution is 2.32. The molecule has 0 aliphatic carbocycles. The smallest absolute Gasteiger partial charge is 0.122 e. The number of fused-ring (bicyclic) bond motifs is 1. The molecule has 1 heterocycles. The first-order valence-electron chi connectivity index (χ1n) is 7.27. The molecule has 0 aromatic heterocycles. The van der Waals surface area contributed by atoms with Crippen LogP contribution in [0.25, 0.3) is 0 Å². The Labute approximate surface area is 116 Å². The fourth-order valence-electron chi connectivity index (χ4n) is 2.29. The monoisotopic (exact) mass is 263 g/mol.